The van der Waals surface area contributed by atoms with Crippen molar-refractivity contribution in [2.75, 3.05) is 13.3 Å². The van der Waals surface area contributed by atoms with Crippen molar-refractivity contribution in [2.24, 2.45) is 0 Å². The van der Waals surface area contributed by atoms with E-state index in [0.717, 1.165) is 43.1 Å². The first-order valence-corrected chi connectivity index (χ1v) is 10.6. The molecule has 0 spiro atoms. The van der Waals surface area contributed by atoms with Crippen LogP contribution in [0.25, 0.3) is 0 Å². The van der Waals surface area contributed by atoms with Gasteiger partial charge < -0.3 is 19.5 Å². The average molecular weight is 404 g/mol. The van der Waals surface area contributed by atoms with Crippen molar-refractivity contribution in [1.82, 2.24) is 5.32 Å². The molecule has 1 unspecified atom stereocenters. The molecule has 4 nitrogen and oxygen atoms in total. The Kier molecular flexibility index (Phi) is 6.88. The lowest BCUT2D eigenvalue weighted by Crippen LogP contribution is -2.29. The summed E-state index contributed by atoms with van der Waals surface area (Å²) in [5, 5.41) is 3.63. The van der Waals surface area contributed by atoms with Gasteiger partial charge in [0.15, 0.2) is 11.5 Å². The molecule has 3 aromatic rings. The van der Waals surface area contributed by atoms with Crippen LogP contribution in [0, 0.1) is 0 Å². The fourth-order valence-corrected chi connectivity index (χ4v) is 3.67. The highest BCUT2D eigenvalue weighted by molar-refractivity contribution is 5.44. The third-order valence-corrected chi connectivity index (χ3v) is 5.26. The van der Waals surface area contributed by atoms with Gasteiger partial charge in [0, 0.05) is 6.04 Å². The zero-order chi connectivity index (χ0) is 20.6. The summed E-state index contributed by atoms with van der Waals surface area (Å²) >= 11 is 0. The van der Waals surface area contributed by atoms with E-state index in [9.17, 15) is 0 Å². The normalized spacial score (nSPS) is 13.2. The summed E-state index contributed by atoms with van der Waals surface area (Å²) in [6, 6.07) is 25.3. The van der Waals surface area contributed by atoms with Gasteiger partial charge in [0.25, 0.3) is 0 Å². The molecule has 0 saturated carbocycles. The molecule has 1 aliphatic rings. The van der Waals surface area contributed by atoms with E-state index in [2.05, 4.69) is 54.7 Å². The predicted molar refractivity (Wildman–Crippen MR) is 119 cm³/mol. The van der Waals surface area contributed by atoms with Crippen LogP contribution in [0.3, 0.4) is 0 Å². The molecule has 1 heterocycles. The van der Waals surface area contributed by atoms with Crippen molar-refractivity contribution < 1.29 is 14.2 Å². The lowest BCUT2D eigenvalue weighted by molar-refractivity contribution is 0.174. The van der Waals surface area contributed by atoms with Crippen LogP contribution in [-0.2, 0) is 19.4 Å². The average Bonchev–Trinajstić information content (AvgIpc) is 3.24. The van der Waals surface area contributed by atoms with E-state index in [0.29, 0.717) is 19.4 Å². The van der Waals surface area contributed by atoms with Gasteiger partial charge in [0.05, 0.1) is 0 Å². The van der Waals surface area contributed by atoms with E-state index < -0.39 is 0 Å². The highest BCUT2D eigenvalue weighted by Gasteiger charge is 2.14. The third kappa shape index (κ3) is 5.77. The Morgan fingerprint density at radius 2 is 1.70 bits per heavy atom. The van der Waals surface area contributed by atoms with Crippen molar-refractivity contribution in [3.05, 3.63) is 89.5 Å². The van der Waals surface area contributed by atoms with Crippen LogP contribution in [0.5, 0.6) is 17.2 Å². The zero-order valence-corrected chi connectivity index (χ0v) is 17.5. The number of aryl methyl sites for hydroxylation is 1. The SMILES string of the molecule is CC(Cc1ccc2c(c1)OCO2)NCCCc1cccc(OCc2ccccc2)c1. The summed E-state index contributed by atoms with van der Waals surface area (Å²) in [6.07, 6.45) is 3.10. The fraction of sp³-hybridized carbons (Fsp3) is 0.308. The molecule has 1 aliphatic heterocycles. The van der Waals surface area contributed by atoms with Crippen molar-refractivity contribution in [3.63, 3.8) is 0 Å². The molecule has 0 bridgehead atoms. The minimum atomic E-state index is 0.324. The molecular weight excluding hydrogens is 374 g/mol. The zero-order valence-electron chi connectivity index (χ0n) is 17.5. The maximum absolute atomic E-state index is 5.94. The monoisotopic (exact) mass is 403 g/mol. The van der Waals surface area contributed by atoms with Crippen molar-refractivity contribution in [3.8, 4) is 17.2 Å². The first-order valence-electron chi connectivity index (χ1n) is 10.6. The van der Waals surface area contributed by atoms with Gasteiger partial charge in [-0.25, -0.2) is 0 Å². The standard InChI is InChI=1S/C26H29NO3/c1-20(15-23-12-13-25-26(17-23)30-19-29-25)27-14-6-10-21-9-5-11-24(16-21)28-18-22-7-3-2-4-8-22/h2-5,7-9,11-13,16-17,20,27H,6,10,14-15,18-19H2,1H3. The summed E-state index contributed by atoms with van der Waals surface area (Å²) in [7, 11) is 0. The second-order valence-electron chi connectivity index (χ2n) is 7.77. The van der Waals surface area contributed by atoms with Gasteiger partial charge in [0.2, 0.25) is 6.79 Å². The van der Waals surface area contributed by atoms with Gasteiger partial charge in [0.1, 0.15) is 12.4 Å². The van der Waals surface area contributed by atoms with Crippen LogP contribution < -0.4 is 19.5 Å². The maximum Gasteiger partial charge on any atom is 0.231 e. The van der Waals surface area contributed by atoms with Crippen LogP contribution in [-0.4, -0.2) is 19.4 Å². The number of hydrogen-bond acceptors (Lipinski definition) is 4. The topological polar surface area (TPSA) is 39.7 Å². The fourth-order valence-electron chi connectivity index (χ4n) is 3.67. The van der Waals surface area contributed by atoms with Crippen LogP contribution in [0.4, 0.5) is 0 Å². The second-order valence-corrected chi connectivity index (χ2v) is 7.77. The molecule has 1 N–H and O–H groups in total. The molecule has 0 radical (unpaired) electrons. The minimum absolute atomic E-state index is 0.324. The van der Waals surface area contributed by atoms with E-state index in [4.69, 9.17) is 14.2 Å². The Bertz CT molecular complexity index is 942. The van der Waals surface area contributed by atoms with E-state index in [-0.39, 0.29) is 0 Å². The van der Waals surface area contributed by atoms with Crippen molar-refractivity contribution in [1.29, 1.82) is 0 Å². The second kappa shape index (κ2) is 10.2. The molecule has 0 fully saturated rings. The quantitative estimate of drug-likeness (QED) is 0.476. The number of nitrogens with one attached hydrogen (secondary N) is 1. The highest BCUT2D eigenvalue weighted by Crippen LogP contribution is 2.32. The van der Waals surface area contributed by atoms with E-state index in [1.165, 1.54) is 16.7 Å². The van der Waals surface area contributed by atoms with Gasteiger partial charge in [-0.05, 0) is 73.7 Å². The molecule has 0 amide bonds. The summed E-state index contributed by atoms with van der Waals surface area (Å²) in [5.41, 5.74) is 3.76. The number of hydrogen-bond donors (Lipinski definition) is 1. The molecule has 0 aliphatic carbocycles. The molecule has 4 heteroatoms. The summed E-state index contributed by atoms with van der Waals surface area (Å²) < 4.78 is 16.8. The molecular formula is C26H29NO3. The molecule has 30 heavy (non-hydrogen) atoms. The van der Waals surface area contributed by atoms with Crippen LogP contribution >= 0.6 is 0 Å². The number of fused-ring (bicyclic) bond motifs is 1. The smallest absolute Gasteiger partial charge is 0.231 e. The molecule has 1 atom stereocenters. The first-order chi connectivity index (χ1) is 14.8. The summed E-state index contributed by atoms with van der Waals surface area (Å²) in [5.74, 6) is 2.63. The lowest BCUT2D eigenvalue weighted by Gasteiger charge is -2.14. The Balaban J connectivity index is 1.18. The summed E-state index contributed by atoms with van der Waals surface area (Å²) in [6.45, 7) is 4.14. The van der Waals surface area contributed by atoms with Gasteiger partial charge in [-0.1, -0.05) is 48.5 Å². The van der Waals surface area contributed by atoms with Gasteiger partial charge in [-0.15, -0.1) is 0 Å². The highest BCUT2D eigenvalue weighted by atomic mass is 16.7. The largest absolute Gasteiger partial charge is 0.489 e. The molecule has 0 saturated heterocycles. The molecule has 4 rings (SSSR count). The van der Waals surface area contributed by atoms with Crippen LogP contribution in [0.2, 0.25) is 0 Å². The number of rotatable bonds is 10. The van der Waals surface area contributed by atoms with E-state index in [1.807, 2.05) is 30.3 Å². The molecule has 0 aromatic heterocycles. The first kappa shape index (κ1) is 20.3. The number of ether oxygens (including phenoxy) is 3. The van der Waals surface area contributed by atoms with E-state index >= 15 is 0 Å². The Hall–Kier alpha value is -2.98. The Morgan fingerprint density at radius 1 is 0.867 bits per heavy atom. The predicted octanol–water partition coefficient (Wildman–Crippen LogP) is 5.15. The Morgan fingerprint density at radius 3 is 2.60 bits per heavy atom. The van der Waals surface area contributed by atoms with Gasteiger partial charge in [-0.2, -0.15) is 0 Å². The van der Waals surface area contributed by atoms with Crippen molar-refractivity contribution >= 4 is 0 Å². The van der Waals surface area contributed by atoms with E-state index in [1.54, 1.807) is 0 Å². The lowest BCUT2D eigenvalue weighted by atomic mass is 10.1. The van der Waals surface area contributed by atoms with Crippen LogP contribution in [0.15, 0.2) is 72.8 Å². The van der Waals surface area contributed by atoms with Crippen LogP contribution in [0.1, 0.15) is 30.0 Å². The van der Waals surface area contributed by atoms with Gasteiger partial charge >= 0.3 is 0 Å². The maximum atomic E-state index is 5.94. The molecule has 156 valence electrons. The minimum Gasteiger partial charge on any atom is -0.489 e. The third-order valence-electron chi connectivity index (χ3n) is 5.26. The van der Waals surface area contributed by atoms with Gasteiger partial charge in [-0.3, -0.25) is 0 Å². The number of benzene rings is 3. The van der Waals surface area contributed by atoms with Crippen molar-refractivity contribution in [2.45, 2.75) is 38.8 Å². The Labute approximate surface area is 178 Å². The summed E-state index contributed by atoms with van der Waals surface area (Å²) in [4.78, 5) is 0. The molecule has 3 aromatic carbocycles.